The quantitative estimate of drug-likeness (QED) is 0.438. The van der Waals surface area contributed by atoms with Gasteiger partial charge in [0.25, 0.3) is 0 Å². The number of carbonyl (C=O) groups excluding carboxylic acids is 1. The van der Waals surface area contributed by atoms with E-state index in [9.17, 15) is 9.59 Å². The second-order valence-corrected chi connectivity index (χ2v) is 7.26. The number of fused-ring (bicyclic) bond motifs is 2. The normalized spacial score (nSPS) is 11.2. The van der Waals surface area contributed by atoms with Gasteiger partial charge in [0.1, 0.15) is 5.52 Å². The Kier molecular flexibility index (Phi) is 6.36. The van der Waals surface area contributed by atoms with Crippen molar-refractivity contribution in [3.05, 3.63) is 46.2 Å². The molecule has 2 aromatic heterocycles. The minimum absolute atomic E-state index is 0.0716. The molecule has 3 aromatic rings. The Bertz CT molecular complexity index is 998. The van der Waals surface area contributed by atoms with E-state index in [0.717, 1.165) is 46.8 Å². The van der Waals surface area contributed by atoms with Crippen LogP contribution in [-0.4, -0.2) is 42.5 Å². The first-order chi connectivity index (χ1) is 13.2. The molecule has 142 valence electrons. The maximum Gasteiger partial charge on any atom is 0.216 e. The van der Waals surface area contributed by atoms with Crippen molar-refractivity contribution in [3.63, 3.8) is 0 Å². The van der Waals surface area contributed by atoms with Crippen molar-refractivity contribution in [2.45, 2.75) is 20.4 Å². The molecular weight excluding hydrogens is 360 g/mol. The highest BCUT2D eigenvalue weighted by atomic mass is 32.1. The lowest BCUT2D eigenvalue weighted by atomic mass is 10.1. The van der Waals surface area contributed by atoms with Gasteiger partial charge in [-0.05, 0) is 36.9 Å². The summed E-state index contributed by atoms with van der Waals surface area (Å²) in [6.45, 7) is 8.34. The van der Waals surface area contributed by atoms with Crippen molar-refractivity contribution in [2.24, 2.45) is 0 Å². The Balaban J connectivity index is 2.07. The molecule has 0 unspecified atom stereocenters. The number of benzene rings is 1. The summed E-state index contributed by atoms with van der Waals surface area (Å²) in [5.74, 6) is 0. The monoisotopic (exact) mass is 384 g/mol. The summed E-state index contributed by atoms with van der Waals surface area (Å²) < 4.78 is 1.74. The second-order valence-electron chi connectivity index (χ2n) is 6.21. The molecule has 27 heavy (non-hydrogen) atoms. The molecule has 0 aliphatic rings. The summed E-state index contributed by atoms with van der Waals surface area (Å²) >= 11 is 1.54. The molecule has 0 aliphatic carbocycles. The summed E-state index contributed by atoms with van der Waals surface area (Å²) in [7, 11) is 0. The number of likely N-dealkylation sites (N-methyl/N-ethyl adjacent to an activating group) is 1. The van der Waals surface area contributed by atoms with Crippen molar-refractivity contribution in [1.82, 2.24) is 15.2 Å². The molecule has 0 fully saturated rings. The summed E-state index contributed by atoms with van der Waals surface area (Å²) in [6.07, 6.45) is 2.32. The fourth-order valence-electron chi connectivity index (χ4n) is 3.17. The third kappa shape index (κ3) is 4.09. The van der Waals surface area contributed by atoms with Gasteiger partial charge in [0.2, 0.25) is 11.8 Å². The molecule has 0 aliphatic heterocycles. The molecule has 0 spiro atoms. The van der Waals surface area contributed by atoms with E-state index in [4.69, 9.17) is 0 Å². The number of pyridine rings is 1. The van der Waals surface area contributed by atoms with Crippen molar-refractivity contribution >= 4 is 43.7 Å². The van der Waals surface area contributed by atoms with Crippen LogP contribution in [-0.2, 0) is 11.3 Å². The molecule has 7 heteroatoms. The molecule has 2 heterocycles. The maximum atomic E-state index is 13.1. The first kappa shape index (κ1) is 19.3. The Morgan fingerprint density at radius 2 is 2.04 bits per heavy atom. The number of hydrogen-bond acceptors (Lipinski definition) is 6. The third-order valence-electron chi connectivity index (χ3n) is 4.68. The van der Waals surface area contributed by atoms with Crippen molar-refractivity contribution < 1.29 is 4.79 Å². The number of aromatic nitrogens is 1. The van der Waals surface area contributed by atoms with Gasteiger partial charge in [-0.1, -0.05) is 19.9 Å². The van der Waals surface area contributed by atoms with Gasteiger partial charge in [-0.3, -0.25) is 14.6 Å². The zero-order chi connectivity index (χ0) is 19.2. The number of carbonyl (C=O) groups is 1. The van der Waals surface area contributed by atoms with Gasteiger partial charge in [-0.2, -0.15) is 0 Å². The van der Waals surface area contributed by atoms with Gasteiger partial charge >= 0.3 is 0 Å². The molecule has 1 amide bonds. The predicted molar refractivity (Wildman–Crippen MR) is 113 cm³/mol. The van der Waals surface area contributed by atoms with E-state index in [2.05, 4.69) is 34.4 Å². The zero-order valence-corrected chi connectivity index (χ0v) is 16.4. The van der Waals surface area contributed by atoms with E-state index in [1.807, 2.05) is 24.3 Å². The summed E-state index contributed by atoms with van der Waals surface area (Å²) in [6, 6.07) is 7.64. The summed E-state index contributed by atoms with van der Waals surface area (Å²) in [5, 5.41) is 6.77. The SMILES string of the molecule is CCN(CC)CCNc1ccc(CNC=O)c2sc3cccnc3c(=O)c12. The van der Waals surface area contributed by atoms with E-state index in [1.54, 1.807) is 6.20 Å². The fraction of sp³-hybridized carbons (Fsp3) is 0.350. The Hall–Kier alpha value is -2.51. The van der Waals surface area contributed by atoms with Crippen LogP contribution in [0, 0.1) is 0 Å². The lowest BCUT2D eigenvalue weighted by Gasteiger charge is -2.19. The van der Waals surface area contributed by atoms with E-state index < -0.39 is 0 Å². The van der Waals surface area contributed by atoms with Crippen LogP contribution in [0.5, 0.6) is 0 Å². The van der Waals surface area contributed by atoms with E-state index in [0.29, 0.717) is 23.9 Å². The van der Waals surface area contributed by atoms with Gasteiger partial charge in [-0.15, -0.1) is 11.3 Å². The van der Waals surface area contributed by atoms with Gasteiger partial charge < -0.3 is 15.5 Å². The number of rotatable bonds is 9. The first-order valence-corrected chi connectivity index (χ1v) is 9.97. The summed E-state index contributed by atoms with van der Waals surface area (Å²) in [4.78, 5) is 30.5. The second kappa shape index (κ2) is 8.92. The molecule has 0 atom stereocenters. The minimum Gasteiger partial charge on any atom is -0.383 e. The fourth-order valence-corrected chi connectivity index (χ4v) is 4.35. The molecular formula is C20H24N4O2S. The smallest absolute Gasteiger partial charge is 0.216 e. The van der Waals surface area contributed by atoms with Crippen LogP contribution in [0.2, 0.25) is 0 Å². The van der Waals surface area contributed by atoms with Crippen LogP contribution in [0.4, 0.5) is 5.69 Å². The van der Waals surface area contributed by atoms with Crippen molar-refractivity contribution in [2.75, 3.05) is 31.5 Å². The van der Waals surface area contributed by atoms with E-state index >= 15 is 0 Å². The predicted octanol–water partition coefficient (Wildman–Crippen LogP) is 2.81. The Morgan fingerprint density at radius 1 is 1.22 bits per heavy atom. The van der Waals surface area contributed by atoms with Crippen LogP contribution < -0.4 is 16.1 Å². The number of amides is 1. The maximum absolute atomic E-state index is 13.1. The molecule has 0 radical (unpaired) electrons. The van der Waals surface area contributed by atoms with Crippen LogP contribution in [0.25, 0.3) is 20.3 Å². The molecule has 2 N–H and O–H groups in total. The highest BCUT2D eigenvalue weighted by Crippen LogP contribution is 2.31. The molecule has 0 bridgehead atoms. The van der Waals surface area contributed by atoms with Gasteiger partial charge in [0.05, 0.1) is 10.1 Å². The first-order valence-electron chi connectivity index (χ1n) is 9.16. The molecule has 3 rings (SSSR count). The lowest BCUT2D eigenvalue weighted by molar-refractivity contribution is -0.109. The van der Waals surface area contributed by atoms with Crippen molar-refractivity contribution in [3.8, 4) is 0 Å². The van der Waals surface area contributed by atoms with Crippen LogP contribution in [0.3, 0.4) is 0 Å². The van der Waals surface area contributed by atoms with Crippen LogP contribution in [0.15, 0.2) is 35.3 Å². The van der Waals surface area contributed by atoms with Crippen molar-refractivity contribution in [1.29, 1.82) is 0 Å². The third-order valence-corrected chi connectivity index (χ3v) is 5.90. The van der Waals surface area contributed by atoms with E-state index in [1.165, 1.54) is 11.3 Å². The molecule has 1 aromatic carbocycles. The number of hydrogen-bond donors (Lipinski definition) is 2. The van der Waals surface area contributed by atoms with Gasteiger partial charge in [0, 0.05) is 36.2 Å². The zero-order valence-electron chi connectivity index (χ0n) is 15.6. The average molecular weight is 385 g/mol. The Labute approximate surface area is 162 Å². The largest absolute Gasteiger partial charge is 0.383 e. The topological polar surface area (TPSA) is 74.3 Å². The number of nitrogens with one attached hydrogen (secondary N) is 2. The number of nitrogens with zero attached hydrogens (tertiary/aromatic N) is 2. The number of anilines is 1. The summed E-state index contributed by atoms with van der Waals surface area (Å²) in [5.41, 5.74) is 2.17. The van der Waals surface area contributed by atoms with Gasteiger partial charge in [0.15, 0.2) is 0 Å². The average Bonchev–Trinajstić information content (AvgIpc) is 2.70. The highest BCUT2D eigenvalue weighted by Gasteiger charge is 2.14. The highest BCUT2D eigenvalue weighted by molar-refractivity contribution is 7.24. The van der Waals surface area contributed by atoms with Crippen LogP contribution >= 0.6 is 11.3 Å². The van der Waals surface area contributed by atoms with E-state index in [-0.39, 0.29) is 5.43 Å². The molecule has 0 saturated carbocycles. The Morgan fingerprint density at radius 3 is 2.78 bits per heavy atom. The van der Waals surface area contributed by atoms with Gasteiger partial charge in [-0.25, -0.2) is 0 Å². The molecule has 0 saturated heterocycles. The van der Waals surface area contributed by atoms with Crippen LogP contribution in [0.1, 0.15) is 19.4 Å². The lowest BCUT2D eigenvalue weighted by Crippen LogP contribution is -2.28. The standard InChI is InChI=1S/C20H24N4O2S/c1-3-24(4-2)11-10-22-15-8-7-14(12-21-13-25)20-17(15)19(26)18-16(27-20)6-5-9-23-18/h5-9,13,22H,3-4,10-12H2,1-2H3,(H,21,25). The minimum atomic E-state index is -0.0716. The molecule has 6 nitrogen and oxygen atoms in total.